The monoisotopic (exact) mass is 237 g/mol. The topological polar surface area (TPSA) is 78.3 Å². The van der Waals surface area contributed by atoms with E-state index in [-0.39, 0.29) is 5.57 Å². The van der Waals surface area contributed by atoms with E-state index in [9.17, 15) is 0 Å². The van der Waals surface area contributed by atoms with Crippen LogP contribution in [0.2, 0.25) is 0 Å². The number of rotatable bonds is 1. The van der Waals surface area contributed by atoms with Gasteiger partial charge in [-0.25, -0.2) is 4.68 Å². The van der Waals surface area contributed by atoms with E-state index in [0.29, 0.717) is 10.3 Å². The molecule has 0 aliphatic rings. The van der Waals surface area contributed by atoms with E-state index >= 15 is 0 Å². The van der Waals surface area contributed by atoms with Crippen molar-refractivity contribution in [2.45, 2.75) is 0 Å². The molecule has 0 saturated carbocycles. The lowest BCUT2D eigenvalue weighted by Crippen LogP contribution is -1.93. The molecule has 5 nitrogen and oxygen atoms in total. The summed E-state index contributed by atoms with van der Waals surface area (Å²) in [6, 6.07) is 3.51. The van der Waals surface area contributed by atoms with Gasteiger partial charge in [0.05, 0.1) is 5.69 Å². The Morgan fingerprint density at radius 2 is 2.15 bits per heavy atom. The predicted molar refractivity (Wildman–Crippen MR) is 47.9 cm³/mol. The summed E-state index contributed by atoms with van der Waals surface area (Å²) in [5.41, 5.74) is 0.615. The van der Waals surface area contributed by atoms with E-state index in [0.717, 1.165) is 0 Å². The van der Waals surface area contributed by atoms with Crippen molar-refractivity contribution in [3.63, 3.8) is 0 Å². The standard InChI is InChI=1S/C7H4BrN5/c1-13-6(7(8)11-12-13)2-5(3-9)4-10/h2H,1H3. The molecule has 6 heteroatoms. The van der Waals surface area contributed by atoms with Crippen molar-refractivity contribution in [1.82, 2.24) is 15.0 Å². The second-order valence-electron chi connectivity index (χ2n) is 2.17. The maximum absolute atomic E-state index is 8.50. The largest absolute Gasteiger partial charge is 0.247 e. The van der Waals surface area contributed by atoms with E-state index in [1.165, 1.54) is 10.8 Å². The van der Waals surface area contributed by atoms with Crippen LogP contribution in [-0.2, 0) is 7.05 Å². The van der Waals surface area contributed by atoms with Gasteiger partial charge in [0, 0.05) is 7.05 Å². The first-order valence-corrected chi connectivity index (χ1v) is 4.05. The van der Waals surface area contributed by atoms with Gasteiger partial charge in [-0.15, -0.1) is 5.10 Å². The van der Waals surface area contributed by atoms with Gasteiger partial charge in [0.25, 0.3) is 0 Å². The van der Waals surface area contributed by atoms with Crippen LogP contribution < -0.4 is 0 Å². The molecular formula is C7H4BrN5. The molecule has 13 heavy (non-hydrogen) atoms. The summed E-state index contributed by atoms with van der Waals surface area (Å²) >= 11 is 3.15. The Hall–Kier alpha value is -1.66. The Balaban J connectivity index is 3.20. The minimum Gasteiger partial charge on any atom is -0.247 e. The van der Waals surface area contributed by atoms with Crippen LogP contribution >= 0.6 is 15.9 Å². The summed E-state index contributed by atoms with van der Waals surface area (Å²) in [7, 11) is 1.68. The van der Waals surface area contributed by atoms with Crippen molar-refractivity contribution < 1.29 is 0 Å². The van der Waals surface area contributed by atoms with Crippen LogP contribution in [0.25, 0.3) is 6.08 Å². The lowest BCUT2D eigenvalue weighted by atomic mass is 10.2. The van der Waals surface area contributed by atoms with Crippen LogP contribution in [0.3, 0.4) is 0 Å². The fraction of sp³-hybridized carbons (Fsp3) is 0.143. The third-order valence-corrected chi connectivity index (χ3v) is 1.91. The minimum atomic E-state index is 0.0195. The molecule has 0 saturated heterocycles. The van der Waals surface area contributed by atoms with Crippen LogP contribution in [-0.4, -0.2) is 15.0 Å². The molecular weight excluding hydrogens is 234 g/mol. The smallest absolute Gasteiger partial charge is 0.155 e. The van der Waals surface area contributed by atoms with Crippen LogP contribution in [0.4, 0.5) is 0 Å². The molecule has 0 spiro atoms. The van der Waals surface area contributed by atoms with Gasteiger partial charge >= 0.3 is 0 Å². The average Bonchev–Trinajstić information content (AvgIpc) is 2.44. The molecule has 0 N–H and O–H groups in total. The lowest BCUT2D eigenvalue weighted by Gasteiger charge is -1.91. The summed E-state index contributed by atoms with van der Waals surface area (Å²) in [6.45, 7) is 0. The van der Waals surface area contributed by atoms with Gasteiger partial charge in [0.2, 0.25) is 0 Å². The summed E-state index contributed by atoms with van der Waals surface area (Å²) < 4.78 is 1.98. The molecule has 0 fully saturated rings. The molecule has 1 heterocycles. The van der Waals surface area contributed by atoms with Crippen LogP contribution in [0.15, 0.2) is 10.2 Å². The number of nitrogens with zero attached hydrogens (tertiary/aromatic N) is 5. The van der Waals surface area contributed by atoms with Crippen LogP contribution in [0.1, 0.15) is 5.69 Å². The highest BCUT2D eigenvalue weighted by Gasteiger charge is 2.05. The van der Waals surface area contributed by atoms with Gasteiger partial charge in [0.1, 0.15) is 17.7 Å². The van der Waals surface area contributed by atoms with E-state index in [1.54, 1.807) is 19.2 Å². The van der Waals surface area contributed by atoms with Crippen molar-refractivity contribution in [1.29, 1.82) is 10.5 Å². The van der Waals surface area contributed by atoms with Crippen molar-refractivity contribution in [2.75, 3.05) is 0 Å². The SMILES string of the molecule is Cn1nnc(Br)c1C=C(C#N)C#N. The summed E-state index contributed by atoms with van der Waals surface area (Å²) in [6.07, 6.45) is 1.42. The molecule has 0 aromatic carbocycles. The van der Waals surface area contributed by atoms with Crippen molar-refractivity contribution >= 4 is 22.0 Å². The van der Waals surface area contributed by atoms with E-state index < -0.39 is 0 Å². The first-order valence-electron chi connectivity index (χ1n) is 3.26. The third-order valence-electron chi connectivity index (χ3n) is 1.35. The summed E-state index contributed by atoms with van der Waals surface area (Å²) in [5, 5.41) is 24.4. The summed E-state index contributed by atoms with van der Waals surface area (Å²) in [4.78, 5) is 0. The van der Waals surface area contributed by atoms with Gasteiger partial charge in [0.15, 0.2) is 4.60 Å². The molecule has 0 amide bonds. The van der Waals surface area contributed by atoms with Gasteiger partial charge in [-0.2, -0.15) is 10.5 Å². The second kappa shape index (κ2) is 3.83. The van der Waals surface area contributed by atoms with Crippen molar-refractivity contribution in [2.24, 2.45) is 7.05 Å². The molecule has 0 aliphatic heterocycles. The molecule has 0 radical (unpaired) electrons. The first-order chi connectivity index (χ1) is 6.19. The minimum absolute atomic E-state index is 0.0195. The molecule has 0 unspecified atom stereocenters. The molecule has 1 aromatic heterocycles. The van der Waals surface area contributed by atoms with Crippen LogP contribution in [0.5, 0.6) is 0 Å². The molecule has 1 rings (SSSR count). The molecule has 0 aliphatic carbocycles. The lowest BCUT2D eigenvalue weighted by molar-refractivity contribution is 0.709. The fourth-order valence-electron chi connectivity index (χ4n) is 0.719. The molecule has 0 bridgehead atoms. The third kappa shape index (κ3) is 1.92. The predicted octanol–water partition coefficient (Wildman–Crippen LogP) is 1.01. The quantitative estimate of drug-likeness (QED) is 0.684. The van der Waals surface area contributed by atoms with Gasteiger partial charge in [-0.3, -0.25) is 0 Å². The number of hydrogen-bond acceptors (Lipinski definition) is 4. The number of hydrogen-bond donors (Lipinski definition) is 0. The number of nitriles is 2. The number of aryl methyl sites for hydroxylation is 1. The Bertz CT molecular complexity index is 395. The Kier molecular flexibility index (Phi) is 2.78. The highest BCUT2D eigenvalue weighted by atomic mass is 79.9. The second-order valence-corrected chi connectivity index (χ2v) is 2.92. The van der Waals surface area contributed by atoms with Gasteiger partial charge < -0.3 is 0 Å². The van der Waals surface area contributed by atoms with E-state index in [1.807, 2.05) is 0 Å². The van der Waals surface area contributed by atoms with Gasteiger partial charge in [-0.05, 0) is 22.0 Å². The van der Waals surface area contributed by atoms with Gasteiger partial charge in [-0.1, -0.05) is 5.21 Å². The first kappa shape index (κ1) is 9.43. The Morgan fingerprint density at radius 1 is 1.54 bits per heavy atom. The van der Waals surface area contributed by atoms with Crippen LogP contribution in [0, 0.1) is 22.7 Å². The highest BCUT2D eigenvalue weighted by molar-refractivity contribution is 9.10. The zero-order chi connectivity index (χ0) is 9.84. The van der Waals surface area contributed by atoms with Crippen molar-refractivity contribution in [3.05, 3.63) is 15.9 Å². The fourth-order valence-corrected chi connectivity index (χ4v) is 1.16. The number of allylic oxidation sites excluding steroid dienone is 1. The highest BCUT2D eigenvalue weighted by Crippen LogP contribution is 2.14. The molecule has 64 valence electrons. The zero-order valence-corrected chi connectivity index (χ0v) is 8.28. The molecule has 0 atom stereocenters. The Morgan fingerprint density at radius 3 is 2.54 bits per heavy atom. The maximum atomic E-state index is 8.50. The summed E-state index contributed by atoms with van der Waals surface area (Å²) in [5.74, 6) is 0. The molecule has 1 aromatic rings. The maximum Gasteiger partial charge on any atom is 0.155 e. The van der Waals surface area contributed by atoms with Crippen molar-refractivity contribution in [3.8, 4) is 12.1 Å². The Labute approximate surface area is 83.0 Å². The van der Waals surface area contributed by atoms with E-state index in [4.69, 9.17) is 10.5 Å². The average molecular weight is 238 g/mol. The number of halogens is 1. The normalized spacial score (nSPS) is 8.62. The number of aromatic nitrogens is 3. The zero-order valence-electron chi connectivity index (χ0n) is 6.69. The van der Waals surface area contributed by atoms with E-state index in [2.05, 4.69) is 26.2 Å².